The van der Waals surface area contributed by atoms with Crippen LogP contribution >= 0.6 is 0 Å². The number of carbonyl (C=O) groups excluding carboxylic acids is 4. The molecule has 5 rings (SSSR count). The van der Waals surface area contributed by atoms with Crippen molar-refractivity contribution in [2.24, 2.45) is 0 Å². The summed E-state index contributed by atoms with van der Waals surface area (Å²) < 4.78 is 58.7. The Bertz CT molecular complexity index is 1920. The Hall–Kier alpha value is -3.16. The zero-order chi connectivity index (χ0) is 58.2. The Morgan fingerprint density at radius 2 is 0.897 bits per heavy atom. The van der Waals surface area contributed by atoms with Crippen LogP contribution in [0.2, 0.25) is 0 Å². The number of amides is 4. The first-order valence-electron chi connectivity index (χ1n) is 24.9. The molecule has 34 nitrogen and oxygen atoms in total. The van der Waals surface area contributed by atoms with Crippen molar-refractivity contribution >= 4 is 23.6 Å². The average molecular weight is 1140 g/mol. The summed E-state index contributed by atoms with van der Waals surface area (Å²) in [6.45, 7) is -0.677. The molecule has 0 aromatic rings. The molecule has 4 amide bonds. The highest BCUT2D eigenvalue weighted by atomic mass is 16.8. The van der Waals surface area contributed by atoms with Gasteiger partial charge in [-0.05, 0) is 6.92 Å². The third-order valence-electron chi connectivity index (χ3n) is 13.6. The molecule has 5 saturated heterocycles. The Labute approximate surface area is 444 Å². The number of ether oxygens (including phenoxy) is 10. The molecule has 5 aliphatic rings. The third kappa shape index (κ3) is 15.5. The van der Waals surface area contributed by atoms with Gasteiger partial charge in [0.1, 0.15) is 134 Å². The van der Waals surface area contributed by atoms with Gasteiger partial charge < -0.3 is 150 Å². The number of carbonyl (C=O) groups is 4. The minimum atomic E-state index is -2.38. The minimum Gasteiger partial charge on any atom is -0.394 e. The molecule has 0 aromatic carbocycles. The van der Waals surface area contributed by atoms with Crippen molar-refractivity contribution in [3.05, 3.63) is 0 Å². The van der Waals surface area contributed by atoms with E-state index in [4.69, 9.17) is 47.4 Å². The van der Waals surface area contributed by atoms with E-state index in [1.165, 1.54) is 6.92 Å². The van der Waals surface area contributed by atoms with Crippen LogP contribution in [-0.4, -0.2) is 323 Å². The zero-order valence-electron chi connectivity index (χ0n) is 42.9. The maximum absolute atomic E-state index is 12.6. The van der Waals surface area contributed by atoms with Crippen LogP contribution in [0, 0.1) is 0 Å². The highest BCUT2D eigenvalue weighted by Crippen LogP contribution is 2.36. The second kappa shape index (κ2) is 29.2. The van der Waals surface area contributed by atoms with Crippen LogP contribution in [0.25, 0.3) is 0 Å². The summed E-state index contributed by atoms with van der Waals surface area (Å²) in [5, 5.41) is 183. The van der Waals surface area contributed by atoms with Crippen molar-refractivity contribution in [2.45, 2.75) is 212 Å². The van der Waals surface area contributed by atoms with Gasteiger partial charge in [0.05, 0.1) is 51.8 Å². The molecule has 452 valence electrons. The lowest BCUT2D eigenvalue weighted by atomic mass is 9.94. The van der Waals surface area contributed by atoms with Gasteiger partial charge in [-0.15, -0.1) is 0 Å². The maximum atomic E-state index is 12.6. The molecule has 34 heteroatoms. The molecule has 0 aromatic heterocycles. The zero-order valence-corrected chi connectivity index (χ0v) is 42.9. The molecule has 0 aliphatic carbocycles. The summed E-state index contributed by atoms with van der Waals surface area (Å²) in [5.41, 5.74) is 0. The van der Waals surface area contributed by atoms with E-state index >= 15 is 0 Å². The van der Waals surface area contributed by atoms with E-state index in [2.05, 4.69) is 21.3 Å². The van der Waals surface area contributed by atoms with Crippen molar-refractivity contribution in [1.82, 2.24) is 21.3 Å². The van der Waals surface area contributed by atoms with Crippen molar-refractivity contribution < 1.29 is 148 Å². The smallest absolute Gasteiger partial charge is 0.217 e. The van der Waals surface area contributed by atoms with Gasteiger partial charge in [0.2, 0.25) is 23.6 Å². The van der Waals surface area contributed by atoms with Gasteiger partial charge in [-0.2, -0.15) is 0 Å². The summed E-state index contributed by atoms with van der Waals surface area (Å²) in [6, 6.07) is -6.69. The summed E-state index contributed by atoms with van der Waals surface area (Å²) in [5.74, 6) is -3.22. The topological polar surface area (TPSA) is 532 Å². The van der Waals surface area contributed by atoms with Crippen molar-refractivity contribution in [1.29, 1.82) is 0 Å². The number of aliphatic hydroxyl groups is 16. The molecule has 5 fully saturated rings. The largest absolute Gasteiger partial charge is 0.394 e. The summed E-state index contributed by atoms with van der Waals surface area (Å²) in [6.07, 6.45) is -47.4. The van der Waals surface area contributed by atoms with Crippen LogP contribution in [0.4, 0.5) is 0 Å². The molecule has 0 spiro atoms. The fourth-order valence-corrected chi connectivity index (χ4v) is 9.55. The van der Waals surface area contributed by atoms with Gasteiger partial charge in [0.15, 0.2) is 31.5 Å². The van der Waals surface area contributed by atoms with Crippen molar-refractivity contribution in [2.75, 3.05) is 39.6 Å². The Kier molecular flexibility index (Phi) is 24.6. The fourth-order valence-electron chi connectivity index (χ4n) is 9.55. The van der Waals surface area contributed by atoms with E-state index in [9.17, 15) is 101 Å². The highest BCUT2D eigenvalue weighted by Gasteiger charge is 2.57. The van der Waals surface area contributed by atoms with Gasteiger partial charge in [0, 0.05) is 27.7 Å². The Morgan fingerprint density at radius 3 is 1.36 bits per heavy atom. The van der Waals surface area contributed by atoms with Crippen LogP contribution in [0.5, 0.6) is 0 Å². The van der Waals surface area contributed by atoms with E-state index in [-0.39, 0.29) is 0 Å². The van der Waals surface area contributed by atoms with Gasteiger partial charge in [0.25, 0.3) is 0 Å². The Balaban J connectivity index is 1.48. The lowest BCUT2D eigenvalue weighted by Crippen LogP contribution is -2.69. The molecule has 29 atom stereocenters. The number of rotatable bonds is 23. The van der Waals surface area contributed by atoms with E-state index in [0.29, 0.717) is 0 Å². The van der Waals surface area contributed by atoms with E-state index in [1.807, 2.05) is 0 Å². The van der Waals surface area contributed by atoms with Crippen LogP contribution < -0.4 is 21.3 Å². The first kappa shape index (κ1) is 65.6. The van der Waals surface area contributed by atoms with Gasteiger partial charge in [-0.1, -0.05) is 0 Å². The quantitative estimate of drug-likeness (QED) is 0.0452. The summed E-state index contributed by atoms with van der Waals surface area (Å²) in [4.78, 5) is 49.5. The molecule has 78 heavy (non-hydrogen) atoms. The van der Waals surface area contributed by atoms with E-state index < -0.39 is 241 Å². The SMILES string of the molecule is CC(=O)N[C@H]1[C@H](OC[C@@H](O)[C@H](O)[C@H](O[C@@H]2O[C@H](CO)[C@H](O)[C@H](O[C@H]3O[C@H](CO)[C@H](O)[C@H](O)[C@H]3NC(C)=O)[C@H]2O[C@@H]2O[C@@H](C)[C@@H](O)[C@@H](O)[C@@H]2O)[C@H](CO)NC(C)=O)O[C@H](CO)[C@@H](O[C@@H]2O[C@H](CO)[C@H](O)[C@H](O)[C@H]2NC(C)=O)[C@@H]1O. The lowest BCUT2D eigenvalue weighted by molar-refractivity contribution is -0.392. The predicted octanol–water partition coefficient (Wildman–Crippen LogP) is -12.9. The van der Waals surface area contributed by atoms with Crippen LogP contribution in [0.1, 0.15) is 34.6 Å². The number of hydrogen-bond acceptors (Lipinski definition) is 30. The second-order valence-electron chi connectivity index (χ2n) is 19.5. The number of aliphatic hydroxyl groups excluding tert-OH is 16. The molecule has 0 unspecified atom stereocenters. The molecule has 5 aliphatic heterocycles. The predicted molar refractivity (Wildman–Crippen MR) is 246 cm³/mol. The minimum absolute atomic E-state index is 0.731. The maximum Gasteiger partial charge on any atom is 0.217 e. The normalized spacial score (nSPS) is 42.9. The monoisotopic (exact) mass is 1140 g/mol. The third-order valence-corrected chi connectivity index (χ3v) is 13.6. The number of hydrogen-bond donors (Lipinski definition) is 20. The van der Waals surface area contributed by atoms with E-state index in [1.54, 1.807) is 0 Å². The van der Waals surface area contributed by atoms with E-state index in [0.717, 1.165) is 27.7 Å². The summed E-state index contributed by atoms with van der Waals surface area (Å²) >= 11 is 0. The van der Waals surface area contributed by atoms with Crippen LogP contribution in [0.15, 0.2) is 0 Å². The average Bonchev–Trinajstić information content (AvgIpc) is 3.39. The summed E-state index contributed by atoms with van der Waals surface area (Å²) in [7, 11) is 0. The first-order chi connectivity index (χ1) is 36.7. The van der Waals surface area contributed by atoms with Gasteiger partial charge in [-0.3, -0.25) is 19.2 Å². The second-order valence-corrected chi connectivity index (χ2v) is 19.5. The number of nitrogens with one attached hydrogen (secondary N) is 4. The molecular formula is C44H76N4O30. The van der Waals surface area contributed by atoms with Crippen LogP contribution in [0.3, 0.4) is 0 Å². The lowest BCUT2D eigenvalue weighted by Gasteiger charge is -2.50. The fraction of sp³-hybridized carbons (Fsp3) is 0.909. The Morgan fingerprint density at radius 1 is 0.462 bits per heavy atom. The standard InChI is InChI=1S/C44H76N4O30/c1-12-26(59)34(67)35(68)43(70-12)78-39-38(77-42-24(47-15(4)56)32(65)29(62)20(8-51)72-42)30(63)21(9-52)73-44(39)75-36(17(6-49)45-13(2)54)27(60)18(58)11-69-40-25(48-16(5)57)33(66)37(22(10-53)74-40)76-41-23(46-14(3)55)31(64)28(61)19(7-50)71-41/h12,17-44,49-53,58-68H,6-11H2,1-5H3,(H,45,54)(H,46,55)(H,47,56)(H,48,57)/t12-,17-,18+,19+,20+,21+,22+,23+,24+,25+,26+,27-,28-,29-,30-,31+,32+,33+,34+,35-,36+,37+,38-,39+,40+,41-,42+,43-,44-/m0/s1. The highest BCUT2D eigenvalue weighted by molar-refractivity contribution is 5.74. The molecule has 0 radical (unpaired) electrons. The van der Waals surface area contributed by atoms with Crippen molar-refractivity contribution in [3.63, 3.8) is 0 Å². The van der Waals surface area contributed by atoms with Gasteiger partial charge >= 0.3 is 0 Å². The first-order valence-corrected chi connectivity index (χ1v) is 24.9. The van der Waals surface area contributed by atoms with Gasteiger partial charge in [-0.25, -0.2) is 0 Å². The van der Waals surface area contributed by atoms with Crippen LogP contribution in [-0.2, 0) is 66.5 Å². The van der Waals surface area contributed by atoms with Crippen molar-refractivity contribution in [3.8, 4) is 0 Å². The molecule has 20 N–H and O–H groups in total. The molecule has 0 saturated carbocycles. The molecule has 0 bridgehead atoms. The molecule has 5 heterocycles. The molecular weight excluding hydrogens is 1060 g/mol.